The Morgan fingerprint density at radius 3 is 3.00 bits per heavy atom. The molecule has 2 heterocycles. The van der Waals surface area contributed by atoms with Crippen LogP contribution in [0.15, 0.2) is 4.52 Å². The van der Waals surface area contributed by atoms with Gasteiger partial charge in [0.2, 0.25) is 5.89 Å². The Bertz CT molecular complexity index is 307. The molecule has 0 atom stereocenters. The quantitative estimate of drug-likeness (QED) is 0.766. The Hall–Kier alpha value is -0.940. The smallest absolute Gasteiger partial charge is 0.240 e. The van der Waals surface area contributed by atoms with Crippen LogP contribution in [0.1, 0.15) is 25.1 Å². The molecule has 1 saturated heterocycles. The summed E-state index contributed by atoms with van der Waals surface area (Å²) in [6.07, 6.45) is 1.91. The van der Waals surface area contributed by atoms with Crippen molar-refractivity contribution in [1.82, 2.24) is 15.0 Å². The molecule has 0 amide bonds. The van der Waals surface area contributed by atoms with Gasteiger partial charge in [-0.3, -0.25) is 4.90 Å². The number of hydrogen-bond acceptors (Lipinski definition) is 5. The van der Waals surface area contributed by atoms with Gasteiger partial charge in [-0.2, -0.15) is 4.98 Å². The zero-order valence-corrected chi connectivity index (χ0v) is 9.02. The number of aromatic nitrogens is 2. The van der Waals surface area contributed by atoms with Gasteiger partial charge >= 0.3 is 0 Å². The summed E-state index contributed by atoms with van der Waals surface area (Å²) in [5.41, 5.74) is 0. The first-order chi connectivity index (χ1) is 7.31. The first-order valence-corrected chi connectivity index (χ1v) is 5.46. The Morgan fingerprint density at radius 2 is 2.33 bits per heavy atom. The summed E-state index contributed by atoms with van der Waals surface area (Å²) in [6.45, 7) is 4.95. The van der Waals surface area contributed by atoms with Gasteiger partial charge < -0.3 is 9.63 Å². The lowest BCUT2D eigenvalue weighted by Gasteiger charge is -2.36. The van der Waals surface area contributed by atoms with Gasteiger partial charge in [0.25, 0.3) is 0 Å². The predicted octanol–water partition coefficient (Wildman–Crippen LogP) is 0.446. The van der Waals surface area contributed by atoms with E-state index in [9.17, 15) is 0 Å². The lowest BCUT2D eigenvalue weighted by atomic mass is 10.0. The highest BCUT2D eigenvalue weighted by atomic mass is 16.5. The van der Waals surface area contributed by atoms with Crippen LogP contribution in [-0.4, -0.2) is 39.8 Å². The van der Waals surface area contributed by atoms with Crippen LogP contribution in [0.5, 0.6) is 0 Å². The topological polar surface area (TPSA) is 62.4 Å². The Morgan fingerprint density at radius 1 is 1.53 bits per heavy atom. The summed E-state index contributed by atoms with van der Waals surface area (Å²) < 4.78 is 5.13. The minimum absolute atomic E-state index is 0.279. The molecule has 5 heteroatoms. The second-order valence-corrected chi connectivity index (χ2v) is 4.10. The third kappa shape index (κ3) is 2.54. The minimum atomic E-state index is 0.279. The molecule has 1 aliphatic heterocycles. The van der Waals surface area contributed by atoms with Crippen LogP contribution >= 0.6 is 0 Å². The molecule has 2 rings (SSSR count). The molecule has 1 fully saturated rings. The normalized spacial score (nSPS) is 18.0. The molecule has 84 valence electrons. The fourth-order valence-electron chi connectivity index (χ4n) is 1.79. The number of likely N-dealkylation sites (tertiary alicyclic amines) is 1. The minimum Gasteiger partial charge on any atom is -0.396 e. The summed E-state index contributed by atoms with van der Waals surface area (Å²) in [4.78, 5) is 6.49. The van der Waals surface area contributed by atoms with Crippen LogP contribution in [0.3, 0.4) is 0 Å². The van der Waals surface area contributed by atoms with Crippen molar-refractivity contribution in [2.24, 2.45) is 5.92 Å². The molecule has 0 saturated carbocycles. The van der Waals surface area contributed by atoms with Gasteiger partial charge in [0.05, 0.1) is 6.54 Å². The third-order valence-electron chi connectivity index (χ3n) is 2.63. The summed E-state index contributed by atoms with van der Waals surface area (Å²) in [5, 5.41) is 12.8. The van der Waals surface area contributed by atoms with Crippen LogP contribution in [-0.2, 0) is 13.0 Å². The summed E-state index contributed by atoms with van der Waals surface area (Å²) in [7, 11) is 0. The van der Waals surface area contributed by atoms with Crippen molar-refractivity contribution in [3.63, 3.8) is 0 Å². The molecule has 0 radical (unpaired) electrons. The number of rotatable bonds is 5. The van der Waals surface area contributed by atoms with Crippen molar-refractivity contribution < 1.29 is 9.63 Å². The maximum absolute atomic E-state index is 8.87. The van der Waals surface area contributed by atoms with Gasteiger partial charge in [-0.25, -0.2) is 0 Å². The zero-order chi connectivity index (χ0) is 10.7. The molecule has 0 aromatic carbocycles. The molecule has 1 aliphatic rings. The lowest BCUT2D eigenvalue weighted by molar-refractivity contribution is 0.0402. The predicted molar refractivity (Wildman–Crippen MR) is 54.1 cm³/mol. The van der Waals surface area contributed by atoms with E-state index < -0.39 is 0 Å². The molecule has 0 spiro atoms. The van der Waals surface area contributed by atoms with Crippen molar-refractivity contribution in [3.8, 4) is 0 Å². The van der Waals surface area contributed by atoms with E-state index in [1.54, 1.807) is 0 Å². The largest absolute Gasteiger partial charge is 0.396 e. The number of nitrogens with zero attached hydrogens (tertiary/aromatic N) is 3. The van der Waals surface area contributed by atoms with Crippen LogP contribution in [0.4, 0.5) is 0 Å². The van der Waals surface area contributed by atoms with Gasteiger partial charge in [-0.05, 0) is 6.42 Å². The van der Waals surface area contributed by atoms with Crippen LogP contribution in [0.2, 0.25) is 0 Å². The van der Waals surface area contributed by atoms with Crippen molar-refractivity contribution in [3.05, 3.63) is 11.7 Å². The van der Waals surface area contributed by atoms with Gasteiger partial charge in [-0.15, -0.1) is 0 Å². The molecular formula is C10H17N3O2. The molecule has 15 heavy (non-hydrogen) atoms. The van der Waals surface area contributed by atoms with Crippen LogP contribution < -0.4 is 0 Å². The van der Waals surface area contributed by atoms with E-state index in [2.05, 4.69) is 22.0 Å². The monoisotopic (exact) mass is 211 g/mol. The Balaban J connectivity index is 1.79. The van der Waals surface area contributed by atoms with Crippen molar-refractivity contribution in [1.29, 1.82) is 0 Å². The van der Waals surface area contributed by atoms with Gasteiger partial charge in [0.1, 0.15) is 0 Å². The molecule has 1 aromatic rings. The number of aliphatic hydroxyl groups is 1. The molecule has 0 unspecified atom stereocenters. The van der Waals surface area contributed by atoms with Crippen LogP contribution in [0.25, 0.3) is 0 Å². The Kier molecular flexibility index (Phi) is 3.33. The lowest BCUT2D eigenvalue weighted by Crippen LogP contribution is -2.47. The van der Waals surface area contributed by atoms with Crippen molar-refractivity contribution in [2.75, 3.05) is 19.7 Å². The van der Waals surface area contributed by atoms with Gasteiger partial charge in [0.15, 0.2) is 5.82 Å². The maximum atomic E-state index is 8.87. The fourth-order valence-corrected chi connectivity index (χ4v) is 1.79. The third-order valence-corrected chi connectivity index (χ3v) is 2.63. The van der Waals surface area contributed by atoms with Crippen LogP contribution in [0, 0.1) is 5.92 Å². The van der Waals surface area contributed by atoms with E-state index in [0.29, 0.717) is 18.4 Å². The van der Waals surface area contributed by atoms with Crippen molar-refractivity contribution >= 4 is 0 Å². The number of hydrogen-bond donors (Lipinski definition) is 1. The summed E-state index contributed by atoms with van der Waals surface area (Å²) in [6, 6.07) is 0. The van der Waals surface area contributed by atoms with E-state index in [0.717, 1.165) is 31.8 Å². The standard InChI is InChI=1S/C10H17N3O2/c1-2-3-9-11-10(15-12-9)6-13-4-8(5-13)7-14/h8,14H,2-7H2,1H3. The molecule has 0 bridgehead atoms. The summed E-state index contributed by atoms with van der Waals surface area (Å²) in [5.74, 6) is 1.92. The van der Waals surface area contributed by atoms with E-state index in [1.807, 2.05) is 0 Å². The molecule has 0 aliphatic carbocycles. The maximum Gasteiger partial charge on any atom is 0.240 e. The first-order valence-electron chi connectivity index (χ1n) is 5.46. The Labute approximate surface area is 89.1 Å². The highest BCUT2D eigenvalue weighted by Crippen LogP contribution is 2.17. The van der Waals surface area contributed by atoms with Gasteiger partial charge in [0, 0.05) is 32.0 Å². The second-order valence-electron chi connectivity index (χ2n) is 4.10. The SMILES string of the molecule is CCCc1noc(CN2CC(CO)C2)n1. The average Bonchev–Trinajstić information content (AvgIpc) is 2.59. The summed E-state index contributed by atoms with van der Waals surface area (Å²) >= 11 is 0. The molecule has 1 aromatic heterocycles. The molecular weight excluding hydrogens is 194 g/mol. The van der Waals surface area contributed by atoms with E-state index in [1.165, 1.54) is 0 Å². The first kappa shape index (κ1) is 10.6. The second kappa shape index (κ2) is 4.72. The highest BCUT2D eigenvalue weighted by molar-refractivity contribution is 4.89. The average molecular weight is 211 g/mol. The van der Waals surface area contributed by atoms with E-state index in [4.69, 9.17) is 9.63 Å². The van der Waals surface area contributed by atoms with Gasteiger partial charge in [-0.1, -0.05) is 12.1 Å². The molecule has 1 N–H and O–H groups in total. The van der Waals surface area contributed by atoms with E-state index in [-0.39, 0.29) is 6.61 Å². The van der Waals surface area contributed by atoms with E-state index >= 15 is 0 Å². The highest BCUT2D eigenvalue weighted by Gasteiger charge is 2.27. The number of aryl methyl sites for hydroxylation is 1. The fraction of sp³-hybridized carbons (Fsp3) is 0.800. The zero-order valence-electron chi connectivity index (χ0n) is 9.02. The molecule has 5 nitrogen and oxygen atoms in total. The van der Waals surface area contributed by atoms with Crippen molar-refractivity contribution in [2.45, 2.75) is 26.3 Å². The number of aliphatic hydroxyl groups excluding tert-OH is 1.